The molecule has 1 aliphatic rings. The Balaban J connectivity index is 2.53. The van der Waals surface area contributed by atoms with Crippen LogP contribution in [0.5, 0.6) is 0 Å². The van der Waals surface area contributed by atoms with Crippen molar-refractivity contribution in [2.24, 2.45) is 5.92 Å². The lowest BCUT2D eigenvalue weighted by atomic mass is 9.86. The van der Waals surface area contributed by atoms with Gasteiger partial charge in [-0.25, -0.2) is 4.79 Å². The number of ether oxygens (including phenoxy) is 1. The first-order chi connectivity index (χ1) is 16.9. The number of alkyl carbamates (subject to hydrolysis) is 1. The molecule has 0 heterocycles. The van der Waals surface area contributed by atoms with Gasteiger partial charge in [-0.05, 0) is 70.9 Å². The maximum Gasteiger partial charge on any atom is 0.408 e. The van der Waals surface area contributed by atoms with E-state index in [0.717, 1.165) is 32.1 Å². The van der Waals surface area contributed by atoms with Crippen LogP contribution in [0.1, 0.15) is 97.7 Å². The summed E-state index contributed by atoms with van der Waals surface area (Å²) >= 11 is 0. The maximum atomic E-state index is 14.2. The van der Waals surface area contributed by atoms with Gasteiger partial charge in [0.2, 0.25) is 11.8 Å². The van der Waals surface area contributed by atoms with Gasteiger partial charge in [-0.1, -0.05) is 51.3 Å². The maximum absolute atomic E-state index is 14.2. The summed E-state index contributed by atoms with van der Waals surface area (Å²) in [7, 11) is 0. The van der Waals surface area contributed by atoms with Crippen LogP contribution >= 0.6 is 0 Å². The lowest BCUT2D eigenvalue weighted by molar-refractivity contribution is -0.148. The molecule has 0 bridgehead atoms. The molecule has 2 rings (SSSR count). The molecule has 1 fully saturated rings. The quantitative estimate of drug-likeness (QED) is 0.448. The number of nitrogens with one attached hydrogen (secondary N) is 2. The van der Waals surface area contributed by atoms with E-state index in [1.54, 1.807) is 31.7 Å². The number of rotatable bonds is 10. The second-order valence-electron chi connectivity index (χ2n) is 11.0. The Kier molecular flexibility index (Phi) is 10.4. The van der Waals surface area contributed by atoms with E-state index in [1.165, 1.54) is 0 Å². The zero-order valence-corrected chi connectivity index (χ0v) is 22.9. The van der Waals surface area contributed by atoms with Gasteiger partial charge < -0.3 is 20.3 Å². The third-order valence-corrected chi connectivity index (χ3v) is 6.38. The van der Waals surface area contributed by atoms with Gasteiger partial charge in [0.25, 0.3) is 0 Å². The molecule has 36 heavy (non-hydrogen) atoms. The van der Waals surface area contributed by atoms with Crippen LogP contribution in [0.15, 0.2) is 24.3 Å². The van der Waals surface area contributed by atoms with Crippen molar-refractivity contribution in [2.75, 3.05) is 0 Å². The summed E-state index contributed by atoms with van der Waals surface area (Å²) in [6.07, 6.45) is 9.44. The summed E-state index contributed by atoms with van der Waals surface area (Å²) in [6.45, 7) is 13.1. The Morgan fingerprint density at radius 2 is 1.78 bits per heavy atom. The molecule has 0 saturated heterocycles. The highest BCUT2D eigenvalue weighted by Gasteiger charge is 2.43. The Labute approximate surface area is 216 Å². The predicted molar refractivity (Wildman–Crippen MR) is 142 cm³/mol. The minimum Gasteiger partial charge on any atom is -0.444 e. The van der Waals surface area contributed by atoms with Crippen LogP contribution < -0.4 is 10.6 Å². The number of nitrogens with zero attached hydrogens (tertiary/aromatic N) is 1. The van der Waals surface area contributed by atoms with Gasteiger partial charge in [0.1, 0.15) is 17.7 Å². The lowest BCUT2D eigenvalue weighted by Crippen LogP contribution is -2.59. The minimum absolute atomic E-state index is 0.0536. The molecule has 1 aliphatic carbocycles. The van der Waals surface area contributed by atoms with Crippen LogP contribution in [0.3, 0.4) is 0 Å². The number of carbonyl (C=O) groups excluding carboxylic acids is 3. The molecule has 0 radical (unpaired) electrons. The fourth-order valence-corrected chi connectivity index (χ4v) is 4.40. The lowest BCUT2D eigenvalue weighted by Gasteiger charge is -2.44. The number of amides is 3. The molecule has 3 unspecified atom stereocenters. The van der Waals surface area contributed by atoms with Gasteiger partial charge in [-0.15, -0.1) is 6.42 Å². The van der Waals surface area contributed by atoms with Gasteiger partial charge in [-0.2, -0.15) is 0 Å². The van der Waals surface area contributed by atoms with Crippen LogP contribution in [0.25, 0.3) is 0 Å². The third kappa shape index (κ3) is 7.74. The van der Waals surface area contributed by atoms with Crippen LogP contribution in [-0.2, 0) is 14.3 Å². The molecule has 2 N–H and O–H groups in total. The Hall–Kier alpha value is -3.01. The average molecular weight is 498 g/mol. The predicted octanol–water partition coefficient (Wildman–Crippen LogP) is 4.94. The summed E-state index contributed by atoms with van der Waals surface area (Å²) in [5.41, 5.74) is 0.478. The first-order valence-electron chi connectivity index (χ1n) is 13.1. The van der Waals surface area contributed by atoms with Crippen molar-refractivity contribution in [1.29, 1.82) is 0 Å². The third-order valence-electron chi connectivity index (χ3n) is 6.38. The number of hydrogen-bond acceptors (Lipinski definition) is 4. The van der Waals surface area contributed by atoms with E-state index in [4.69, 9.17) is 11.2 Å². The fourth-order valence-electron chi connectivity index (χ4n) is 4.40. The number of terminal acetylenes is 1. The van der Waals surface area contributed by atoms with Crippen molar-refractivity contribution in [3.63, 3.8) is 0 Å². The largest absolute Gasteiger partial charge is 0.444 e. The van der Waals surface area contributed by atoms with E-state index in [0.29, 0.717) is 11.1 Å². The Morgan fingerprint density at radius 3 is 2.28 bits per heavy atom. The van der Waals surface area contributed by atoms with Crippen LogP contribution in [-0.4, -0.2) is 46.5 Å². The molecule has 1 saturated carbocycles. The zero-order valence-electron chi connectivity index (χ0n) is 22.9. The summed E-state index contributed by atoms with van der Waals surface area (Å²) in [4.78, 5) is 42.3. The Morgan fingerprint density at radius 1 is 1.14 bits per heavy atom. The normalized spacial score (nSPS) is 16.2. The van der Waals surface area contributed by atoms with Crippen LogP contribution in [0.4, 0.5) is 4.79 Å². The van der Waals surface area contributed by atoms with E-state index < -0.39 is 23.8 Å². The molecule has 0 aromatic heterocycles. The highest BCUT2D eigenvalue weighted by atomic mass is 16.6. The molecule has 7 nitrogen and oxygen atoms in total. The molecule has 1 aromatic rings. The smallest absolute Gasteiger partial charge is 0.408 e. The van der Waals surface area contributed by atoms with Gasteiger partial charge in [0, 0.05) is 17.6 Å². The van der Waals surface area contributed by atoms with Gasteiger partial charge >= 0.3 is 6.09 Å². The molecule has 0 spiro atoms. The topological polar surface area (TPSA) is 87.7 Å². The van der Waals surface area contributed by atoms with Crippen molar-refractivity contribution in [3.05, 3.63) is 35.4 Å². The first-order valence-corrected chi connectivity index (χ1v) is 13.1. The Bertz CT molecular complexity index is 956. The summed E-state index contributed by atoms with van der Waals surface area (Å²) < 4.78 is 5.43. The molecule has 198 valence electrons. The second kappa shape index (κ2) is 12.8. The highest BCUT2D eigenvalue weighted by Crippen LogP contribution is 2.35. The summed E-state index contributed by atoms with van der Waals surface area (Å²) in [5.74, 6) is 1.88. The van der Waals surface area contributed by atoms with Gasteiger partial charge in [-0.3, -0.25) is 9.59 Å². The highest BCUT2D eigenvalue weighted by molar-refractivity contribution is 5.93. The zero-order chi connectivity index (χ0) is 27.0. The van der Waals surface area contributed by atoms with Crippen molar-refractivity contribution in [1.82, 2.24) is 15.5 Å². The molecular formula is C29H43N3O4. The van der Waals surface area contributed by atoms with Crippen molar-refractivity contribution >= 4 is 17.9 Å². The minimum atomic E-state index is -0.906. The number of hydrogen-bond donors (Lipinski definition) is 2. The molecule has 3 amide bonds. The van der Waals surface area contributed by atoms with E-state index >= 15 is 0 Å². The first kappa shape index (κ1) is 29.2. The standard InChI is InChI=1S/C29H43N3O4/c1-9-14-20(5)30-26(33)25(23-18-12-11-15-21(23)10-2)32(22-16-13-17-22)27(34)24(19(3)4)31-28(35)36-29(6,7)8/h2,11-12,15,18-20,22,24-25H,9,13-14,16-17H2,1,3-8H3,(H,30,33)(H,31,35). The molecule has 0 aliphatic heterocycles. The summed E-state index contributed by atoms with van der Waals surface area (Å²) in [5, 5.41) is 5.86. The van der Waals surface area contributed by atoms with E-state index in [-0.39, 0.29) is 29.8 Å². The number of carbonyl (C=O) groups is 3. The molecule has 1 aromatic carbocycles. The SMILES string of the molecule is C#Cc1ccccc1C(C(=O)NC(C)CCC)N(C(=O)C(NC(=O)OC(C)(C)C)C(C)C)C1CCC1. The molecular weight excluding hydrogens is 454 g/mol. The number of benzene rings is 1. The van der Waals surface area contributed by atoms with Crippen LogP contribution in [0, 0.1) is 18.3 Å². The van der Waals surface area contributed by atoms with Crippen molar-refractivity contribution < 1.29 is 19.1 Å². The fraction of sp³-hybridized carbons (Fsp3) is 0.621. The van der Waals surface area contributed by atoms with E-state index in [2.05, 4.69) is 23.5 Å². The van der Waals surface area contributed by atoms with Crippen molar-refractivity contribution in [2.45, 2.75) is 110 Å². The average Bonchev–Trinajstić information content (AvgIpc) is 2.74. The van der Waals surface area contributed by atoms with E-state index in [9.17, 15) is 14.4 Å². The van der Waals surface area contributed by atoms with Crippen LogP contribution in [0.2, 0.25) is 0 Å². The monoisotopic (exact) mass is 497 g/mol. The molecule has 3 atom stereocenters. The second-order valence-corrected chi connectivity index (χ2v) is 11.0. The van der Waals surface area contributed by atoms with E-state index in [1.807, 2.05) is 39.0 Å². The summed E-state index contributed by atoms with van der Waals surface area (Å²) in [6, 6.07) is 5.31. The molecule has 7 heteroatoms. The van der Waals surface area contributed by atoms with Gasteiger partial charge in [0.15, 0.2) is 0 Å². The van der Waals surface area contributed by atoms with Crippen molar-refractivity contribution in [3.8, 4) is 12.3 Å². The van der Waals surface area contributed by atoms with Gasteiger partial charge in [0.05, 0.1) is 0 Å².